The third kappa shape index (κ3) is 5.84. The average Bonchev–Trinajstić information content (AvgIpc) is 3.40. The van der Waals surface area contributed by atoms with E-state index in [-0.39, 0.29) is 27.0 Å². The number of carbonyl (C=O) groups excluding carboxylic acids is 3. The highest BCUT2D eigenvalue weighted by Gasteiger charge is 2.67. The maximum Gasteiger partial charge on any atom is 0.257 e. The fourth-order valence-electron chi connectivity index (χ4n) is 3.92. The molecule has 1 fully saturated rings. The molecule has 0 unspecified atom stereocenters. The number of carbonyl (C=O) groups is 3. The van der Waals surface area contributed by atoms with E-state index in [1.54, 1.807) is 18.2 Å². The van der Waals surface area contributed by atoms with Gasteiger partial charge < -0.3 is 16.0 Å². The van der Waals surface area contributed by atoms with Crippen LogP contribution in [0.1, 0.15) is 28.8 Å². The summed E-state index contributed by atoms with van der Waals surface area (Å²) in [4.78, 5) is 36.9. The molecule has 1 aliphatic carbocycles. The van der Waals surface area contributed by atoms with Gasteiger partial charge in [-0.2, -0.15) is 0 Å². The Labute approximate surface area is 240 Å². The minimum Gasteiger partial charge on any atom is -0.326 e. The van der Waals surface area contributed by atoms with Crippen molar-refractivity contribution in [2.24, 2.45) is 5.92 Å². The van der Waals surface area contributed by atoms with Crippen LogP contribution >= 0.6 is 58.0 Å². The largest absolute Gasteiger partial charge is 0.326 e. The molecule has 1 aliphatic rings. The first-order chi connectivity index (χ1) is 17.8. The van der Waals surface area contributed by atoms with Gasteiger partial charge >= 0.3 is 0 Å². The SMILES string of the molecule is CC(=O)Nc1cc(F)c(NC(=O)c2cc(NC(=O)[C@H]3[C@H](c4ccc(Cl)c(Cl)c4)C3(Cl)Cl)ccc2Cl)c(F)c1. The van der Waals surface area contributed by atoms with Crippen LogP contribution in [0.5, 0.6) is 0 Å². The zero-order valence-corrected chi connectivity index (χ0v) is 22.9. The van der Waals surface area contributed by atoms with Gasteiger partial charge in [0.2, 0.25) is 11.8 Å². The van der Waals surface area contributed by atoms with Gasteiger partial charge in [0.15, 0.2) is 11.6 Å². The molecule has 0 spiro atoms. The first-order valence-corrected chi connectivity index (χ1v) is 12.7. The molecule has 0 radical (unpaired) electrons. The van der Waals surface area contributed by atoms with Gasteiger partial charge in [-0.15, -0.1) is 23.2 Å². The van der Waals surface area contributed by atoms with E-state index >= 15 is 0 Å². The number of benzene rings is 3. The van der Waals surface area contributed by atoms with Crippen LogP contribution in [-0.4, -0.2) is 22.1 Å². The van der Waals surface area contributed by atoms with Crippen LogP contribution in [0.25, 0.3) is 0 Å². The van der Waals surface area contributed by atoms with Crippen LogP contribution in [0, 0.1) is 17.6 Å². The molecule has 1 saturated carbocycles. The van der Waals surface area contributed by atoms with E-state index in [4.69, 9.17) is 58.0 Å². The summed E-state index contributed by atoms with van der Waals surface area (Å²) in [5.41, 5.74) is -0.257. The first-order valence-electron chi connectivity index (χ1n) is 10.8. The van der Waals surface area contributed by atoms with Gasteiger partial charge in [-0.25, -0.2) is 8.78 Å². The third-order valence-corrected chi connectivity index (χ3v) is 7.73. The maximum absolute atomic E-state index is 14.4. The average molecular weight is 622 g/mol. The third-order valence-electron chi connectivity index (χ3n) is 5.72. The van der Waals surface area contributed by atoms with E-state index in [0.717, 1.165) is 12.1 Å². The number of hydrogen-bond donors (Lipinski definition) is 3. The van der Waals surface area contributed by atoms with Crippen molar-refractivity contribution in [3.05, 3.63) is 86.4 Å². The normalized spacial score (nSPS) is 17.5. The number of alkyl halides is 2. The van der Waals surface area contributed by atoms with E-state index in [2.05, 4.69) is 16.0 Å². The van der Waals surface area contributed by atoms with Crippen molar-refractivity contribution in [2.45, 2.75) is 17.2 Å². The zero-order valence-electron chi connectivity index (χ0n) is 19.1. The maximum atomic E-state index is 14.4. The lowest BCUT2D eigenvalue weighted by Crippen LogP contribution is -2.19. The highest BCUT2D eigenvalue weighted by molar-refractivity contribution is 6.53. The van der Waals surface area contributed by atoms with E-state index < -0.39 is 51.2 Å². The molecule has 6 nitrogen and oxygen atoms in total. The Balaban J connectivity index is 1.51. The molecule has 0 aliphatic heterocycles. The molecule has 0 aromatic heterocycles. The molecule has 3 aromatic carbocycles. The van der Waals surface area contributed by atoms with Crippen LogP contribution < -0.4 is 16.0 Å². The molecule has 13 heteroatoms. The van der Waals surface area contributed by atoms with E-state index in [1.807, 2.05) is 0 Å². The molecular formula is C25H16Cl5F2N3O3. The molecule has 0 heterocycles. The first kappa shape index (κ1) is 28.4. The lowest BCUT2D eigenvalue weighted by molar-refractivity contribution is -0.117. The molecule has 38 heavy (non-hydrogen) atoms. The molecule has 3 amide bonds. The van der Waals surface area contributed by atoms with Gasteiger partial charge in [-0.05, 0) is 48.0 Å². The Morgan fingerprint density at radius 1 is 0.789 bits per heavy atom. The van der Waals surface area contributed by atoms with Gasteiger partial charge in [0.1, 0.15) is 10.0 Å². The topological polar surface area (TPSA) is 87.3 Å². The summed E-state index contributed by atoms with van der Waals surface area (Å²) in [5.74, 6) is -5.66. The van der Waals surface area contributed by atoms with Gasteiger partial charge in [0.25, 0.3) is 5.91 Å². The Bertz CT molecular complexity index is 1460. The Morgan fingerprint density at radius 3 is 2.03 bits per heavy atom. The van der Waals surface area contributed by atoms with Crippen molar-refractivity contribution in [3.8, 4) is 0 Å². The van der Waals surface area contributed by atoms with Crippen molar-refractivity contribution < 1.29 is 23.2 Å². The monoisotopic (exact) mass is 619 g/mol. The Kier molecular flexibility index (Phi) is 8.12. The molecule has 3 aromatic rings. The van der Waals surface area contributed by atoms with E-state index in [0.29, 0.717) is 10.6 Å². The van der Waals surface area contributed by atoms with Gasteiger partial charge in [-0.1, -0.05) is 40.9 Å². The number of halogens is 7. The molecular weight excluding hydrogens is 606 g/mol. The molecule has 2 atom stereocenters. The van der Waals surface area contributed by atoms with Crippen molar-refractivity contribution in [1.82, 2.24) is 0 Å². The predicted octanol–water partition coefficient (Wildman–Crippen LogP) is 7.66. The van der Waals surface area contributed by atoms with Crippen LogP contribution in [0.3, 0.4) is 0 Å². The van der Waals surface area contributed by atoms with Crippen LogP contribution in [-0.2, 0) is 9.59 Å². The number of hydrogen-bond acceptors (Lipinski definition) is 3. The van der Waals surface area contributed by atoms with Gasteiger partial charge in [0.05, 0.1) is 26.5 Å². The molecule has 4 rings (SSSR count). The molecule has 0 saturated heterocycles. The second-order valence-corrected chi connectivity index (χ2v) is 11.1. The number of rotatable bonds is 6. The lowest BCUT2D eigenvalue weighted by atomic mass is 10.1. The summed E-state index contributed by atoms with van der Waals surface area (Å²) in [6.07, 6.45) is 0. The zero-order chi connectivity index (χ0) is 27.9. The van der Waals surface area contributed by atoms with E-state index in [1.165, 1.54) is 25.1 Å². The standard InChI is InChI=1S/C25H16Cl5F2N3O3/c1-10(36)33-13-8-18(31)22(19(32)9-13)35-23(37)14-7-12(3-5-15(14)26)34-24(38)21-20(25(21,29)30)11-2-4-16(27)17(28)6-11/h2-9,20-21H,1H3,(H,33,36)(H,34,38)(H,35,37)/t20-,21+/m0/s1. The highest BCUT2D eigenvalue weighted by Crippen LogP contribution is 2.65. The molecule has 0 bridgehead atoms. The van der Waals surface area contributed by atoms with Crippen molar-refractivity contribution in [1.29, 1.82) is 0 Å². The van der Waals surface area contributed by atoms with Crippen LogP contribution in [0.4, 0.5) is 25.8 Å². The van der Waals surface area contributed by atoms with Crippen molar-refractivity contribution in [3.63, 3.8) is 0 Å². The fraction of sp³-hybridized carbons (Fsp3) is 0.160. The van der Waals surface area contributed by atoms with Crippen molar-refractivity contribution >= 4 is 92.8 Å². The van der Waals surface area contributed by atoms with Crippen LogP contribution in [0.2, 0.25) is 15.1 Å². The van der Waals surface area contributed by atoms with E-state index in [9.17, 15) is 23.2 Å². The quantitative estimate of drug-likeness (QED) is 0.247. The minimum absolute atomic E-state index is 0.0414. The number of nitrogens with one attached hydrogen (secondary N) is 3. The summed E-state index contributed by atoms with van der Waals surface area (Å²) in [7, 11) is 0. The molecule has 198 valence electrons. The van der Waals surface area contributed by atoms with Crippen LogP contribution in [0.15, 0.2) is 48.5 Å². The van der Waals surface area contributed by atoms with Gasteiger partial charge in [-0.3, -0.25) is 14.4 Å². The number of amides is 3. The number of anilines is 3. The highest BCUT2D eigenvalue weighted by atomic mass is 35.5. The fourth-order valence-corrected chi connectivity index (χ4v) is 5.26. The Hall–Kier alpha value is -2.62. The Morgan fingerprint density at radius 2 is 1.42 bits per heavy atom. The predicted molar refractivity (Wildman–Crippen MR) is 146 cm³/mol. The lowest BCUT2D eigenvalue weighted by Gasteiger charge is -2.12. The second-order valence-electron chi connectivity index (χ2n) is 8.44. The summed E-state index contributed by atoms with van der Waals surface area (Å²) >= 11 is 30.9. The summed E-state index contributed by atoms with van der Waals surface area (Å²) < 4.78 is 27.5. The smallest absolute Gasteiger partial charge is 0.257 e. The van der Waals surface area contributed by atoms with Gasteiger partial charge in [0, 0.05) is 24.2 Å². The summed E-state index contributed by atoms with van der Waals surface area (Å²) in [6.45, 7) is 1.18. The summed E-state index contributed by atoms with van der Waals surface area (Å²) in [5, 5.41) is 7.57. The summed E-state index contributed by atoms with van der Waals surface area (Å²) in [6, 6.07) is 10.5. The molecule has 3 N–H and O–H groups in total. The van der Waals surface area contributed by atoms with Crippen molar-refractivity contribution in [2.75, 3.05) is 16.0 Å². The minimum atomic E-state index is -1.41. The second kappa shape index (κ2) is 10.9.